The number of carbonyl (C=O) groups is 2. The van der Waals surface area contributed by atoms with Gasteiger partial charge in [0.05, 0.1) is 17.1 Å². The van der Waals surface area contributed by atoms with E-state index in [1.54, 1.807) is 6.92 Å². The molecule has 1 aromatic rings. The Kier molecular flexibility index (Phi) is 5.84. The van der Waals surface area contributed by atoms with Crippen molar-refractivity contribution in [3.63, 3.8) is 0 Å². The number of esters is 1. The normalized spacial score (nSPS) is 19.0. The molecule has 2 rings (SSSR count). The second kappa shape index (κ2) is 7.50. The minimum Gasteiger partial charge on any atom is -0.480 e. The van der Waals surface area contributed by atoms with E-state index in [-0.39, 0.29) is 35.1 Å². The van der Waals surface area contributed by atoms with Crippen LogP contribution in [0, 0.1) is 0 Å². The molecule has 24 heavy (non-hydrogen) atoms. The number of ether oxygens (including phenoxy) is 1. The fourth-order valence-corrected chi connectivity index (χ4v) is 4.64. The zero-order valence-corrected chi connectivity index (χ0v) is 14.6. The van der Waals surface area contributed by atoms with Gasteiger partial charge in [0.1, 0.15) is 6.04 Å². The Balaban J connectivity index is 2.45. The highest BCUT2D eigenvalue weighted by molar-refractivity contribution is 7.89. The molecule has 0 aliphatic carbocycles. The van der Waals surface area contributed by atoms with E-state index in [9.17, 15) is 23.1 Å². The fraction of sp³-hybridized carbons (Fsp3) is 0.467. The lowest BCUT2D eigenvalue weighted by atomic mass is 10.1. The summed E-state index contributed by atoms with van der Waals surface area (Å²) in [6, 6.07) is 2.55. The van der Waals surface area contributed by atoms with Crippen molar-refractivity contribution >= 4 is 33.6 Å². The lowest BCUT2D eigenvalue weighted by molar-refractivity contribution is -0.142. The van der Waals surface area contributed by atoms with Gasteiger partial charge in [-0.3, -0.25) is 4.79 Å². The maximum absolute atomic E-state index is 12.8. The molecule has 1 aliphatic rings. The maximum atomic E-state index is 12.8. The fourth-order valence-electron chi connectivity index (χ4n) is 2.62. The molecular weight excluding hydrogens is 358 g/mol. The summed E-state index contributed by atoms with van der Waals surface area (Å²) in [6.07, 6.45) is 1.47. The van der Waals surface area contributed by atoms with Crippen molar-refractivity contribution in [1.29, 1.82) is 0 Å². The molecule has 9 heteroatoms. The van der Waals surface area contributed by atoms with Gasteiger partial charge in [-0.2, -0.15) is 4.31 Å². The van der Waals surface area contributed by atoms with E-state index < -0.39 is 28.0 Å². The van der Waals surface area contributed by atoms with Gasteiger partial charge in [-0.05, 0) is 44.4 Å². The van der Waals surface area contributed by atoms with Crippen LogP contribution >= 0.6 is 11.6 Å². The van der Waals surface area contributed by atoms with Crippen molar-refractivity contribution in [2.75, 3.05) is 13.2 Å². The van der Waals surface area contributed by atoms with Crippen molar-refractivity contribution in [2.45, 2.75) is 37.1 Å². The molecule has 1 aliphatic heterocycles. The third-order valence-electron chi connectivity index (χ3n) is 3.73. The van der Waals surface area contributed by atoms with Gasteiger partial charge in [-0.15, -0.1) is 0 Å². The SMILES string of the molecule is CCOC(=O)c1cc(Cl)cc(S(=O)(=O)N2CCCCC2C(=O)O)c1. The van der Waals surface area contributed by atoms with Gasteiger partial charge in [-0.25, -0.2) is 13.2 Å². The molecule has 1 aromatic carbocycles. The van der Waals surface area contributed by atoms with E-state index in [4.69, 9.17) is 16.3 Å². The van der Waals surface area contributed by atoms with Crippen molar-refractivity contribution < 1.29 is 27.9 Å². The van der Waals surface area contributed by atoms with E-state index in [0.717, 1.165) is 10.4 Å². The van der Waals surface area contributed by atoms with Gasteiger partial charge < -0.3 is 9.84 Å². The van der Waals surface area contributed by atoms with E-state index in [2.05, 4.69) is 0 Å². The Morgan fingerprint density at radius 2 is 2.04 bits per heavy atom. The smallest absolute Gasteiger partial charge is 0.338 e. The van der Waals surface area contributed by atoms with Gasteiger partial charge >= 0.3 is 11.9 Å². The number of halogens is 1. The largest absolute Gasteiger partial charge is 0.480 e. The molecule has 1 saturated heterocycles. The Morgan fingerprint density at radius 1 is 1.33 bits per heavy atom. The summed E-state index contributed by atoms with van der Waals surface area (Å²) in [7, 11) is -4.09. The van der Waals surface area contributed by atoms with Crippen LogP contribution < -0.4 is 0 Å². The lowest BCUT2D eigenvalue weighted by Crippen LogP contribution is -2.47. The van der Waals surface area contributed by atoms with Crippen molar-refractivity contribution in [3.05, 3.63) is 28.8 Å². The number of carboxylic acid groups (broad SMARTS) is 1. The minimum atomic E-state index is -4.09. The van der Waals surface area contributed by atoms with Crippen LogP contribution in [0.15, 0.2) is 23.1 Å². The number of sulfonamides is 1. The highest BCUT2D eigenvalue weighted by atomic mass is 35.5. The summed E-state index contributed by atoms with van der Waals surface area (Å²) in [5.74, 6) is -1.88. The molecule has 0 spiro atoms. The highest BCUT2D eigenvalue weighted by Crippen LogP contribution is 2.28. The molecule has 0 radical (unpaired) electrons. The Bertz CT molecular complexity index is 748. The number of carbonyl (C=O) groups excluding carboxylic acids is 1. The Labute approximate surface area is 145 Å². The number of aliphatic carboxylic acids is 1. The molecule has 1 atom stereocenters. The van der Waals surface area contributed by atoms with Crippen LogP contribution in [-0.2, 0) is 19.6 Å². The monoisotopic (exact) mass is 375 g/mol. The zero-order chi connectivity index (χ0) is 17.9. The molecule has 7 nitrogen and oxygen atoms in total. The molecule has 1 fully saturated rings. The van der Waals surface area contributed by atoms with Crippen molar-refractivity contribution in [2.24, 2.45) is 0 Å². The van der Waals surface area contributed by atoms with Crippen LogP contribution in [0.4, 0.5) is 0 Å². The minimum absolute atomic E-state index is 0.00631. The first-order valence-electron chi connectivity index (χ1n) is 7.49. The summed E-state index contributed by atoms with van der Waals surface area (Å²) in [4.78, 5) is 23.0. The first-order valence-corrected chi connectivity index (χ1v) is 9.31. The number of rotatable bonds is 5. The summed E-state index contributed by atoms with van der Waals surface area (Å²) >= 11 is 5.93. The number of hydrogen-bond donors (Lipinski definition) is 1. The summed E-state index contributed by atoms with van der Waals surface area (Å²) in [5, 5.41) is 9.34. The standard InChI is InChI=1S/C15H18ClNO6S/c1-2-23-15(20)10-7-11(16)9-12(8-10)24(21,22)17-6-4-3-5-13(17)14(18)19/h7-9,13H,2-6H2,1H3,(H,18,19). The summed E-state index contributed by atoms with van der Waals surface area (Å²) in [6.45, 7) is 1.88. The third-order valence-corrected chi connectivity index (χ3v) is 5.83. The lowest BCUT2D eigenvalue weighted by Gasteiger charge is -2.31. The number of piperidine rings is 1. The van der Waals surface area contributed by atoms with Crippen LogP contribution in [0.5, 0.6) is 0 Å². The molecule has 1 N–H and O–H groups in total. The van der Waals surface area contributed by atoms with Gasteiger partial charge in [-0.1, -0.05) is 11.6 Å². The number of carboxylic acids is 1. The second-order valence-corrected chi connectivity index (χ2v) is 7.69. The summed E-state index contributed by atoms with van der Waals surface area (Å²) in [5.41, 5.74) is 0.00631. The number of benzene rings is 1. The molecule has 0 aromatic heterocycles. The van der Waals surface area contributed by atoms with E-state index in [1.165, 1.54) is 12.1 Å². The Hall–Kier alpha value is -1.64. The van der Waals surface area contributed by atoms with Gasteiger partial charge in [0.25, 0.3) is 0 Å². The molecular formula is C15H18ClNO6S. The van der Waals surface area contributed by atoms with Gasteiger partial charge in [0, 0.05) is 11.6 Å². The van der Waals surface area contributed by atoms with Crippen LogP contribution in [0.1, 0.15) is 36.5 Å². The maximum Gasteiger partial charge on any atom is 0.338 e. The first-order chi connectivity index (χ1) is 11.3. The van der Waals surface area contributed by atoms with Gasteiger partial charge in [0.15, 0.2) is 0 Å². The van der Waals surface area contributed by atoms with E-state index >= 15 is 0 Å². The van der Waals surface area contributed by atoms with E-state index in [0.29, 0.717) is 12.8 Å². The predicted octanol–water partition coefficient (Wildman–Crippen LogP) is 2.14. The molecule has 1 heterocycles. The third kappa shape index (κ3) is 3.88. The van der Waals surface area contributed by atoms with Crippen LogP contribution in [-0.4, -0.2) is 49.0 Å². The second-order valence-electron chi connectivity index (χ2n) is 5.36. The molecule has 132 valence electrons. The topological polar surface area (TPSA) is 101 Å². The van der Waals surface area contributed by atoms with Crippen molar-refractivity contribution in [1.82, 2.24) is 4.31 Å². The molecule has 0 amide bonds. The van der Waals surface area contributed by atoms with Gasteiger partial charge in [0.2, 0.25) is 10.0 Å². The summed E-state index contributed by atoms with van der Waals surface area (Å²) < 4.78 is 31.5. The van der Waals surface area contributed by atoms with E-state index in [1.807, 2.05) is 0 Å². The number of hydrogen-bond acceptors (Lipinski definition) is 5. The van der Waals surface area contributed by atoms with Crippen LogP contribution in [0.25, 0.3) is 0 Å². The van der Waals surface area contributed by atoms with Crippen LogP contribution in [0.3, 0.4) is 0 Å². The predicted molar refractivity (Wildman–Crippen MR) is 86.6 cm³/mol. The van der Waals surface area contributed by atoms with Crippen LogP contribution in [0.2, 0.25) is 5.02 Å². The zero-order valence-electron chi connectivity index (χ0n) is 13.1. The quantitative estimate of drug-likeness (QED) is 0.791. The molecule has 1 unspecified atom stereocenters. The Morgan fingerprint density at radius 3 is 2.67 bits per heavy atom. The average molecular weight is 376 g/mol. The average Bonchev–Trinajstić information content (AvgIpc) is 2.54. The molecule has 0 bridgehead atoms. The van der Waals surface area contributed by atoms with Crippen molar-refractivity contribution in [3.8, 4) is 0 Å². The first kappa shape index (κ1) is 18.7. The molecule has 0 saturated carbocycles. The highest BCUT2D eigenvalue weighted by Gasteiger charge is 2.38. The number of nitrogens with zero attached hydrogens (tertiary/aromatic N) is 1.